The van der Waals surface area contributed by atoms with Crippen molar-refractivity contribution in [3.63, 3.8) is 0 Å². The van der Waals surface area contributed by atoms with E-state index in [9.17, 15) is 0 Å². The van der Waals surface area contributed by atoms with Crippen molar-refractivity contribution in [2.45, 2.75) is 0 Å². The van der Waals surface area contributed by atoms with E-state index in [-0.39, 0.29) is 77.5 Å². The Hall–Kier alpha value is 1.86. The molecule has 0 rings (SSSR count). The van der Waals surface area contributed by atoms with Crippen LogP contribution in [-0.2, 0) is 22.4 Å². The summed E-state index contributed by atoms with van der Waals surface area (Å²) >= 11 is 0. The van der Waals surface area contributed by atoms with Crippen molar-refractivity contribution in [3.8, 4) is 0 Å². The maximum Gasteiger partial charge on any atom is 0 e. The van der Waals surface area contributed by atoms with Crippen molar-refractivity contribution in [2.75, 3.05) is 0 Å². The zero-order valence-electron chi connectivity index (χ0n) is 2.31. The molecule has 0 saturated heterocycles. The summed E-state index contributed by atoms with van der Waals surface area (Å²) < 4.78 is 0. The van der Waals surface area contributed by atoms with Gasteiger partial charge in [-0.1, -0.05) is 0 Å². The fourth-order valence-corrected chi connectivity index (χ4v) is 0. The normalized spacial score (nSPS) is 0. The van der Waals surface area contributed by atoms with Gasteiger partial charge in [0.25, 0.3) is 0 Å². The average molecular weight is 357 g/mol. The summed E-state index contributed by atoms with van der Waals surface area (Å²) in [6.45, 7) is 0. The van der Waals surface area contributed by atoms with Crippen LogP contribution in [0.25, 0.3) is 0 Å². The molecule has 2 N–H and O–H groups in total. The first-order valence-electron chi connectivity index (χ1n) is 0. The summed E-state index contributed by atoms with van der Waals surface area (Å²) in [6.07, 6.45) is 0. The largest absolute Gasteiger partial charge is 1.00 e. The van der Waals surface area contributed by atoms with Crippen LogP contribution >= 0.6 is 0 Å². The van der Waals surface area contributed by atoms with Gasteiger partial charge in [-0.05, 0) is 0 Å². The Labute approximate surface area is 77.1 Å². The van der Waals surface area contributed by atoms with Gasteiger partial charge in [-0.15, -0.1) is 0 Å². The molecule has 0 bridgehead atoms. The monoisotopic (exact) mass is 355 g/mol. The first-order chi connectivity index (χ1) is 0. The Balaban J connectivity index is 0. The zero-order chi connectivity index (χ0) is 0. The second kappa shape index (κ2) is 68.1. The minimum atomic E-state index is 0. The third kappa shape index (κ3) is 40.0. The standard InChI is InChI=1S/Au.4ClH.H2O/h;4*1H;1H2/p-4. The predicted octanol–water partition coefficient (Wildman–Crippen LogP) is -12.8. The van der Waals surface area contributed by atoms with E-state index in [2.05, 4.69) is 0 Å². The molecule has 0 amide bonds. The minimum Gasteiger partial charge on any atom is -1.00 e. The van der Waals surface area contributed by atoms with Crippen LogP contribution in [0.15, 0.2) is 0 Å². The van der Waals surface area contributed by atoms with E-state index >= 15 is 0 Å². The molecule has 0 aliphatic rings. The Morgan fingerprint density at radius 1 is 0.500 bits per heavy atom. The first-order valence-corrected chi connectivity index (χ1v) is 0. The smallest absolute Gasteiger partial charge is 0 e. The van der Waals surface area contributed by atoms with E-state index in [1.807, 2.05) is 0 Å². The Kier molecular flexibility index (Phi) is 1210. The second-order valence-electron chi connectivity index (χ2n) is 0. The minimum absolute atomic E-state index is 0. The molecule has 0 aromatic rings. The van der Waals surface area contributed by atoms with Crippen LogP contribution in [0.5, 0.6) is 0 Å². The van der Waals surface area contributed by atoms with Crippen molar-refractivity contribution in [1.82, 2.24) is 0 Å². The summed E-state index contributed by atoms with van der Waals surface area (Å²) in [6, 6.07) is 0. The zero-order valence-corrected chi connectivity index (χ0v) is 7.50. The van der Waals surface area contributed by atoms with Gasteiger partial charge in [-0.25, -0.2) is 0 Å². The number of rotatable bonds is 0. The molecule has 1 radical (unpaired) electrons. The molecular weight excluding hydrogens is 355 g/mol. The van der Waals surface area contributed by atoms with Crippen LogP contribution in [0.4, 0.5) is 0 Å². The quantitative estimate of drug-likeness (QED) is 0.386. The Bertz CT molecular complexity index is 7.51. The molecule has 0 aliphatic heterocycles. The molecule has 1 nitrogen and oxygen atoms in total. The molecule has 0 heterocycles. The van der Waals surface area contributed by atoms with Crippen LogP contribution in [0.1, 0.15) is 0 Å². The predicted molar refractivity (Wildman–Crippen MR) is 3.61 cm³/mol. The molecule has 0 fully saturated rings. The Morgan fingerprint density at radius 2 is 0.500 bits per heavy atom. The maximum absolute atomic E-state index is 0. The summed E-state index contributed by atoms with van der Waals surface area (Å²) in [4.78, 5) is 0. The number of hydrogen-bond acceptors (Lipinski definition) is 0. The van der Waals surface area contributed by atoms with E-state index < -0.39 is 0 Å². The van der Waals surface area contributed by atoms with Crippen LogP contribution < -0.4 is 49.6 Å². The molecule has 6 heavy (non-hydrogen) atoms. The topological polar surface area (TPSA) is 31.5 Å². The maximum atomic E-state index is 0. The fraction of sp³-hybridized carbons (Fsp3) is 0. The summed E-state index contributed by atoms with van der Waals surface area (Å²) in [5.74, 6) is 0. The van der Waals surface area contributed by atoms with Crippen LogP contribution in [0.2, 0.25) is 0 Å². The molecule has 0 atom stereocenters. The van der Waals surface area contributed by atoms with Crippen molar-refractivity contribution >= 4 is 0 Å². The van der Waals surface area contributed by atoms with E-state index in [4.69, 9.17) is 0 Å². The molecule has 0 saturated carbocycles. The van der Waals surface area contributed by atoms with Gasteiger partial charge in [-0.2, -0.15) is 0 Å². The molecule has 6 heteroatoms. The van der Waals surface area contributed by atoms with Gasteiger partial charge >= 0.3 is 0 Å². The molecule has 0 unspecified atom stereocenters. The summed E-state index contributed by atoms with van der Waals surface area (Å²) in [5.41, 5.74) is 0. The van der Waals surface area contributed by atoms with Crippen molar-refractivity contribution in [2.24, 2.45) is 0 Å². The SMILES string of the molecule is O.[Au].[Cl-].[Cl-].[Cl-].[Cl-]. The van der Waals surface area contributed by atoms with Crippen molar-refractivity contribution < 1.29 is 77.5 Å². The molecule has 51 valence electrons. The van der Waals surface area contributed by atoms with Gasteiger partial charge in [0.15, 0.2) is 0 Å². The van der Waals surface area contributed by atoms with E-state index in [0.717, 1.165) is 0 Å². The van der Waals surface area contributed by atoms with Crippen molar-refractivity contribution in [3.05, 3.63) is 0 Å². The summed E-state index contributed by atoms with van der Waals surface area (Å²) in [5, 5.41) is 0. The molecule has 0 aromatic carbocycles. The van der Waals surface area contributed by atoms with Crippen LogP contribution in [0, 0.1) is 0 Å². The molecular formula is H2AuCl4O-4. The molecule has 0 aliphatic carbocycles. The third-order valence-electron chi connectivity index (χ3n) is 0. The molecule has 0 aromatic heterocycles. The number of hydrogen-bond donors (Lipinski definition) is 0. The van der Waals surface area contributed by atoms with Crippen LogP contribution in [-0.4, -0.2) is 5.48 Å². The fourth-order valence-electron chi connectivity index (χ4n) is 0. The van der Waals surface area contributed by atoms with Gasteiger partial charge in [0.05, 0.1) is 0 Å². The second-order valence-corrected chi connectivity index (χ2v) is 0. The van der Waals surface area contributed by atoms with Gasteiger partial charge < -0.3 is 55.1 Å². The van der Waals surface area contributed by atoms with E-state index in [1.54, 1.807) is 0 Å². The van der Waals surface area contributed by atoms with E-state index in [0.29, 0.717) is 0 Å². The third-order valence-corrected chi connectivity index (χ3v) is 0. The molecule has 0 spiro atoms. The van der Waals surface area contributed by atoms with Gasteiger partial charge in [-0.3, -0.25) is 0 Å². The summed E-state index contributed by atoms with van der Waals surface area (Å²) in [7, 11) is 0. The van der Waals surface area contributed by atoms with Gasteiger partial charge in [0, 0.05) is 22.4 Å². The first kappa shape index (κ1) is 107. The average Bonchev–Trinajstić information content (AvgIpc) is 0. The Morgan fingerprint density at radius 3 is 0.500 bits per heavy atom. The van der Waals surface area contributed by atoms with E-state index in [1.165, 1.54) is 0 Å². The van der Waals surface area contributed by atoms with Gasteiger partial charge in [0.1, 0.15) is 0 Å². The number of halogens is 4. The van der Waals surface area contributed by atoms with Crippen molar-refractivity contribution in [1.29, 1.82) is 0 Å². The van der Waals surface area contributed by atoms with Crippen LogP contribution in [0.3, 0.4) is 0 Å². The van der Waals surface area contributed by atoms with Gasteiger partial charge in [0.2, 0.25) is 0 Å².